The minimum atomic E-state index is -3.18. The lowest BCUT2D eigenvalue weighted by Crippen LogP contribution is -2.41. The molecule has 35 heavy (non-hydrogen) atoms. The highest BCUT2D eigenvalue weighted by Gasteiger charge is 2.25. The minimum Gasteiger partial charge on any atom is -0.380 e. The van der Waals surface area contributed by atoms with Crippen LogP contribution in [0.5, 0.6) is 0 Å². The summed E-state index contributed by atoms with van der Waals surface area (Å²) in [6.07, 6.45) is 10.1. The van der Waals surface area contributed by atoms with Crippen LogP contribution in [0.3, 0.4) is 0 Å². The first-order valence-corrected chi connectivity index (χ1v) is 14.4. The third-order valence-electron chi connectivity index (χ3n) is 7.00. The Morgan fingerprint density at radius 2 is 1.74 bits per heavy atom. The van der Waals surface area contributed by atoms with Crippen molar-refractivity contribution in [2.45, 2.75) is 89.3 Å². The van der Waals surface area contributed by atoms with E-state index < -0.39 is 33.7 Å². The molecule has 1 heterocycles. The average Bonchev–Trinajstić information content (AvgIpc) is 3.31. The predicted molar refractivity (Wildman–Crippen MR) is 137 cm³/mol. The van der Waals surface area contributed by atoms with E-state index >= 15 is 4.39 Å². The highest BCUT2D eigenvalue weighted by Crippen LogP contribution is 2.32. The predicted octanol–water partition coefficient (Wildman–Crippen LogP) is 4.35. The van der Waals surface area contributed by atoms with Crippen molar-refractivity contribution in [2.75, 3.05) is 11.6 Å². The van der Waals surface area contributed by atoms with Crippen LogP contribution in [-0.2, 0) is 11.3 Å². The summed E-state index contributed by atoms with van der Waals surface area (Å²) in [5.74, 6) is -1.10. The van der Waals surface area contributed by atoms with Gasteiger partial charge in [0.15, 0.2) is 0 Å². The van der Waals surface area contributed by atoms with Gasteiger partial charge in [-0.05, 0) is 44.2 Å². The van der Waals surface area contributed by atoms with E-state index in [1.54, 1.807) is 10.6 Å². The van der Waals surface area contributed by atoms with E-state index in [0.29, 0.717) is 11.2 Å². The first-order valence-electron chi connectivity index (χ1n) is 12.4. The van der Waals surface area contributed by atoms with Gasteiger partial charge in [-0.25, -0.2) is 9.18 Å². The van der Waals surface area contributed by atoms with Gasteiger partial charge in [-0.3, -0.25) is 32.6 Å². The molecule has 0 bridgehead atoms. The molecule has 4 N–H and O–H groups in total. The van der Waals surface area contributed by atoms with Crippen molar-refractivity contribution in [3.8, 4) is 0 Å². The van der Waals surface area contributed by atoms with E-state index in [0.717, 1.165) is 62.2 Å². The largest absolute Gasteiger partial charge is 0.380 e. The van der Waals surface area contributed by atoms with Crippen LogP contribution in [0.15, 0.2) is 21.7 Å². The number of benzene rings is 1. The minimum absolute atomic E-state index is 0.0274. The number of nitrogens with one attached hydrogen (secondary N) is 2. The van der Waals surface area contributed by atoms with E-state index in [1.807, 2.05) is 0 Å². The molecule has 0 saturated heterocycles. The number of nitrogens with zero attached hydrogens (tertiary/aromatic N) is 2. The maximum Gasteiger partial charge on any atom is 0.331 e. The molecule has 11 heteroatoms. The number of anilines is 1. The lowest BCUT2D eigenvalue weighted by atomic mass is 9.95. The Morgan fingerprint density at radius 1 is 1.09 bits per heavy atom. The first-order chi connectivity index (χ1) is 16.6. The SMILES string of the molecule is CS(O)(O)NC(=O)CCCn1c(=O)c2cc(F)c(NC3CCCCC3)cc2n(C2CCCC2)c1=O. The zero-order valence-corrected chi connectivity index (χ0v) is 20.9. The molecule has 2 aromatic rings. The summed E-state index contributed by atoms with van der Waals surface area (Å²) in [4.78, 5) is 38.7. The van der Waals surface area contributed by atoms with E-state index in [4.69, 9.17) is 0 Å². The fourth-order valence-corrected chi connectivity index (χ4v) is 5.89. The summed E-state index contributed by atoms with van der Waals surface area (Å²) < 4.78 is 38.7. The van der Waals surface area contributed by atoms with E-state index in [1.165, 1.54) is 12.5 Å². The second-order valence-corrected chi connectivity index (χ2v) is 11.7. The summed E-state index contributed by atoms with van der Waals surface area (Å²) in [6, 6.07) is 2.95. The highest BCUT2D eigenvalue weighted by atomic mass is 32.3. The van der Waals surface area contributed by atoms with Crippen LogP contribution in [-0.4, -0.2) is 36.4 Å². The molecule has 2 aliphatic rings. The van der Waals surface area contributed by atoms with Crippen LogP contribution in [0, 0.1) is 5.82 Å². The van der Waals surface area contributed by atoms with E-state index in [-0.39, 0.29) is 36.9 Å². The Kier molecular flexibility index (Phi) is 7.87. The van der Waals surface area contributed by atoms with Crippen LogP contribution in [0.2, 0.25) is 0 Å². The Bertz CT molecular complexity index is 1190. The molecule has 2 fully saturated rings. The van der Waals surface area contributed by atoms with Gasteiger partial charge in [-0.2, -0.15) is 0 Å². The quantitative estimate of drug-likeness (QED) is 0.418. The topological polar surface area (TPSA) is 126 Å². The molecule has 194 valence electrons. The summed E-state index contributed by atoms with van der Waals surface area (Å²) in [6.45, 7) is -0.0274. The summed E-state index contributed by atoms with van der Waals surface area (Å²) in [5.41, 5.74) is -0.268. The molecule has 2 aliphatic carbocycles. The van der Waals surface area contributed by atoms with Crippen molar-refractivity contribution in [2.24, 2.45) is 0 Å². The Labute approximate surface area is 205 Å². The Morgan fingerprint density at radius 3 is 2.40 bits per heavy atom. The normalized spacial score (nSPS) is 18.2. The molecule has 1 aromatic heterocycles. The number of hydrogen-bond acceptors (Lipinski definition) is 6. The van der Waals surface area contributed by atoms with Gasteiger partial charge in [0.05, 0.1) is 16.6 Å². The first kappa shape index (κ1) is 25.7. The molecule has 4 rings (SSSR count). The second-order valence-electron chi connectivity index (χ2n) is 9.84. The van der Waals surface area contributed by atoms with Crippen LogP contribution < -0.4 is 21.3 Å². The molecule has 0 radical (unpaired) electrons. The van der Waals surface area contributed by atoms with Crippen molar-refractivity contribution < 1.29 is 18.3 Å². The van der Waals surface area contributed by atoms with Gasteiger partial charge in [0.1, 0.15) is 5.82 Å². The van der Waals surface area contributed by atoms with E-state index in [2.05, 4.69) is 10.0 Å². The molecular weight excluding hydrogens is 475 g/mol. The number of carbonyl (C=O) groups is 1. The fourth-order valence-electron chi connectivity index (χ4n) is 5.35. The Balaban J connectivity index is 1.69. The standard InChI is InChI=1S/C24H35FN4O5S/c1-35(33,34)27-22(30)12-7-13-28-23(31)18-14-19(25)20(26-16-8-3-2-4-9-16)15-21(18)29(24(28)32)17-10-5-6-11-17/h14-17,26,33-34H,2-13H2,1H3,(H,27,30). The van der Waals surface area contributed by atoms with Gasteiger partial charge in [0.25, 0.3) is 5.56 Å². The number of hydrogen-bond donors (Lipinski definition) is 4. The van der Waals surface area contributed by atoms with Crippen molar-refractivity contribution in [3.63, 3.8) is 0 Å². The smallest absolute Gasteiger partial charge is 0.331 e. The van der Waals surface area contributed by atoms with Crippen LogP contribution in [0.4, 0.5) is 10.1 Å². The van der Waals surface area contributed by atoms with Crippen molar-refractivity contribution >= 4 is 33.3 Å². The van der Waals surface area contributed by atoms with Crippen molar-refractivity contribution in [1.82, 2.24) is 13.9 Å². The monoisotopic (exact) mass is 510 g/mol. The average molecular weight is 511 g/mol. The Hall–Kier alpha value is -2.37. The summed E-state index contributed by atoms with van der Waals surface area (Å²) >= 11 is 0. The van der Waals surface area contributed by atoms with Gasteiger partial charge in [-0.15, -0.1) is 10.8 Å². The van der Waals surface area contributed by atoms with Gasteiger partial charge in [0, 0.05) is 31.3 Å². The van der Waals surface area contributed by atoms with Crippen molar-refractivity contribution in [3.05, 3.63) is 38.8 Å². The number of fused-ring (bicyclic) bond motifs is 1. The summed E-state index contributed by atoms with van der Waals surface area (Å²) in [7, 11) is -3.18. The maximum atomic E-state index is 15.1. The van der Waals surface area contributed by atoms with Gasteiger partial charge in [0.2, 0.25) is 5.91 Å². The number of amides is 1. The lowest BCUT2D eigenvalue weighted by Gasteiger charge is -2.27. The summed E-state index contributed by atoms with van der Waals surface area (Å²) in [5, 5.41) is 3.44. The van der Waals surface area contributed by atoms with Gasteiger partial charge in [-0.1, -0.05) is 32.1 Å². The number of halogens is 1. The molecule has 1 aromatic carbocycles. The van der Waals surface area contributed by atoms with Crippen molar-refractivity contribution in [1.29, 1.82) is 0 Å². The fraction of sp³-hybridized carbons (Fsp3) is 0.625. The van der Waals surface area contributed by atoms with Crippen LogP contribution in [0.1, 0.15) is 76.7 Å². The third-order valence-corrected chi connectivity index (χ3v) is 7.62. The maximum absolute atomic E-state index is 15.1. The van der Waals surface area contributed by atoms with Crippen LogP contribution in [0.25, 0.3) is 10.9 Å². The number of rotatable bonds is 8. The second kappa shape index (κ2) is 10.7. The van der Waals surface area contributed by atoms with Gasteiger partial charge >= 0.3 is 5.69 Å². The zero-order chi connectivity index (χ0) is 25.2. The van der Waals surface area contributed by atoms with Crippen LogP contribution >= 0.6 is 10.8 Å². The highest BCUT2D eigenvalue weighted by molar-refractivity contribution is 8.22. The number of carbonyl (C=O) groups excluding carboxylic acids is 1. The zero-order valence-electron chi connectivity index (χ0n) is 20.1. The molecular formula is C24H35FN4O5S. The van der Waals surface area contributed by atoms with E-state index in [9.17, 15) is 23.5 Å². The molecule has 9 nitrogen and oxygen atoms in total. The third kappa shape index (κ3) is 6.07. The molecule has 2 saturated carbocycles. The molecule has 0 spiro atoms. The molecule has 0 unspecified atom stereocenters. The molecule has 1 amide bonds. The van der Waals surface area contributed by atoms with Gasteiger partial charge < -0.3 is 5.32 Å². The number of aromatic nitrogens is 2. The lowest BCUT2D eigenvalue weighted by molar-refractivity contribution is -0.119. The molecule has 0 aliphatic heterocycles. The molecule has 0 atom stereocenters.